The van der Waals surface area contributed by atoms with Crippen LogP contribution in [0, 0.1) is 17.7 Å². The number of rotatable bonds is 4. The van der Waals surface area contributed by atoms with Crippen LogP contribution < -0.4 is 16.6 Å². The van der Waals surface area contributed by atoms with Gasteiger partial charge in [-0.25, -0.2) is 29.3 Å². The molecule has 0 aliphatic rings. The van der Waals surface area contributed by atoms with Crippen molar-refractivity contribution in [2.24, 2.45) is 0 Å². The number of para-hydroxylation sites is 1. The standard InChI is InChI=1S/C26H19FN8O/c1-16(33-24-18(23(28)31-15-32-24)11-12-21-29-13-6-14-30-21)25-34-20-10-5-9-19(27)22(20)26(36)35(25)17-7-3-2-4-8-17/h2-10,13-16H,1H3,(H3,28,31,32,33)/t16-/m0/s1. The lowest BCUT2D eigenvalue weighted by Crippen LogP contribution is -2.28. The second kappa shape index (κ2) is 9.60. The molecule has 0 radical (unpaired) electrons. The average Bonchev–Trinajstić information content (AvgIpc) is 2.89. The minimum Gasteiger partial charge on any atom is -0.382 e. The van der Waals surface area contributed by atoms with Crippen LogP contribution in [-0.4, -0.2) is 29.5 Å². The molecular formula is C26H19FN8O. The Morgan fingerprint density at radius 2 is 1.75 bits per heavy atom. The first-order chi connectivity index (χ1) is 17.5. The average molecular weight is 478 g/mol. The van der Waals surface area contributed by atoms with E-state index in [1.807, 2.05) is 13.0 Å². The number of hydrogen-bond donors (Lipinski definition) is 2. The fourth-order valence-corrected chi connectivity index (χ4v) is 3.71. The number of aromatic nitrogens is 6. The summed E-state index contributed by atoms with van der Waals surface area (Å²) >= 11 is 0. The van der Waals surface area contributed by atoms with Crippen molar-refractivity contribution >= 4 is 22.5 Å². The zero-order valence-electron chi connectivity index (χ0n) is 19.1. The maximum absolute atomic E-state index is 14.6. The third-order valence-corrected chi connectivity index (χ3v) is 5.37. The van der Waals surface area contributed by atoms with E-state index in [1.165, 1.54) is 23.0 Å². The van der Waals surface area contributed by atoms with Crippen molar-refractivity contribution in [2.45, 2.75) is 13.0 Å². The van der Waals surface area contributed by atoms with E-state index in [4.69, 9.17) is 5.73 Å². The fraction of sp³-hybridized carbons (Fsp3) is 0.0769. The molecule has 5 aromatic rings. The van der Waals surface area contributed by atoms with Crippen LogP contribution in [-0.2, 0) is 0 Å². The van der Waals surface area contributed by atoms with Crippen molar-refractivity contribution < 1.29 is 4.39 Å². The van der Waals surface area contributed by atoms with Crippen molar-refractivity contribution in [1.29, 1.82) is 0 Å². The zero-order valence-corrected chi connectivity index (χ0v) is 19.1. The molecule has 0 saturated heterocycles. The Balaban J connectivity index is 1.62. The first-order valence-electron chi connectivity index (χ1n) is 11.0. The second-order valence-electron chi connectivity index (χ2n) is 7.75. The number of nitrogen functional groups attached to an aromatic ring is 1. The monoisotopic (exact) mass is 478 g/mol. The largest absolute Gasteiger partial charge is 0.382 e. The van der Waals surface area contributed by atoms with Crippen LogP contribution in [0.15, 0.2) is 78.1 Å². The Hall–Kier alpha value is -5.17. The number of benzene rings is 2. The molecular weight excluding hydrogens is 459 g/mol. The van der Waals surface area contributed by atoms with Crippen molar-refractivity contribution in [3.8, 4) is 17.5 Å². The van der Waals surface area contributed by atoms with Crippen LogP contribution in [0.3, 0.4) is 0 Å². The fourth-order valence-electron chi connectivity index (χ4n) is 3.71. The van der Waals surface area contributed by atoms with E-state index in [0.717, 1.165) is 0 Å². The van der Waals surface area contributed by atoms with Gasteiger partial charge in [-0.3, -0.25) is 9.36 Å². The van der Waals surface area contributed by atoms with Crippen LogP contribution in [0.4, 0.5) is 16.0 Å². The Morgan fingerprint density at radius 3 is 2.53 bits per heavy atom. The molecule has 0 amide bonds. The van der Waals surface area contributed by atoms with Gasteiger partial charge in [-0.1, -0.05) is 30.2 Å². The summed E-state index contributed by atoms with van der Waals surface area (Å²) in [5.41, 5.74) is 6.71. The molecule has 5 rings (SSSR count). The molecule has 1 atom stereocenters. The van der Waals surface area contributed by atoms with Crippen molar-refractivity contribution in [2.75, 3.05) is 11.1 Å². The van der Waals surface area contributed by atoms with Gasteiger partial charge in [0.15, 0.2) is 0 Å². The van der Waals surface area contributed by atoms with Crippen molar-refractivity contribution in [3.05, 3.63) is 107 Å². The molecule has 0 aliphatic heterocycles. The molecule has 0 aliphatic carbocycles. The molecule has 3 heterocycles. The number of halogens is 1. The summed E-state index contributed by atoms with van der Waals surface area (Å²) in [5.74, 6) is 6.31. The van der Waals surface area contributed by atoms with Gasteiger partial charge in [0.25, 0.3) is 5.56 Å². The van der Waals surface area contributed by atoms with Gasteiger partial charge in [-0.05, 0) is 43.2 Å². The topological polar surface area (TPSA) is 124 Å². The molecule has 3 aromatic heterocycles. The van der Waals surface area contributed by atoms with E-state index in [1.54, 1.807) is 48.8 Å². The molecule has 3 N–H and O–H groups in total. The summed E-state index contributed by atoms with van der Waals surface area (Å²) in [6.07, 6.45) is 4.47. The summed E-state index contributed by atoms with van der Waals surface area (Å²) in [4.78, 5) is 34.6. The molecule has 176 valence electrons. The number of hydrogen-bond acceptors (Lipinski definition) is 8. The molecule has 9 nitrogen and oxygen atoms in total. The highest BCUT2D eigenvalue weighted by molar-refractivity contribution is 5.78. The van der Waals surface area contributed by atoms with Gasteiger partial charge in [0.2, 0.25) is 5.82 Å². The Kier molecular flexibility index (Phi) is 6.03. The van der Waals surface area contributed by atoms with E-state index in [9.17, 15) is 9.18 Å². The number of anilines is 2. The normalized spacial score (nSPS) is 11.5. The quantitative estimate of drug-likeness (QED) is 0.377. The van der Waals surface area contributed by atoms with Crippen LogP contribution >= 0.6 is 0 Å². The summed E-state index contributed by atoms with van der Waals surface area (Å²) in [5, 5.41) is 3.14. The van der Waals surface area contributed by atoms with Crippen LogP contribution in [0.2, 0.25) is 0 Å². The summed E-state index contributed by atoms with van der Waals surface area (Å²) in [7, 11) is 0. The van der Waals surface area contributed by atoms with Crippen molar-refractivity contribution in [3.63, 3.8) is 0 Å². The van der Waals surface area contributed by atoms with Crippen LogP contribution in [0.25, 0.3) is 16.6 Å². The summed E-state index contributed by atoms with van der Waals surface area (Å²) in [6.45, 7) is 1.81. The number of fused-ring (bicyclic) bond motifs is 1. The maximum Gasteiger partial charge on any atom is 0.269 e. The minimum absolute atomic E-state index is 0.0852. The van der Waals surface area contributed by atoms with Crippen LogP contribution in [0.5, 0.6) is 0 Å². The molecule has 10 heteroatoms. The second-order valence-corrected chi connectivity index (χ2v) is 7.75. The maximum atomic E-state index is 14.6. The van der Waals surface area contributed by atoms with E-state index >= 15 is 0 Å². The zero-order chi connectivity index (χ0) is 25.1. The predicted molar refractivity (Wildman–Crippen MR) is 134 cm³/mol. The van der Waals surface area contributed by atoms with Gasteiger partial charge in [-0.15, -0.1) is 0 Å². The van der Waals surface area contributed by atoms with Gasteiger partial charge in [0.1, 0.15) is 40.6 Å². The molecule has 0 unspecified atom stereocenters. The SMILES string of the molecule is C[C@H](Nc1ncnc(N)c1C#Cc1ncccn1)c1nc2cccc(F)c2c(=O)n1-c1ccccc1. The smallest absolute Gasteiger partial charge is 0.269 e. The third kappa shape index (κ3) is 4.33. The van der Waals surface area contributed by atoms with Gasteiger partial charge < -0.3 is 11.1 Å². The third-order valence-electron chi connectivity index (χ3n) is 5.37. The van der Waals surface area contributed by atoms with Gasteiger partial charge in [0, 0.05) is 12.4 Å². The molecule has 2 aromatic carbocycles. The lowest BCUT2D eigenvalue weighted by Gasteiger charge is -2.20. The first-order valence-corrected chi connectivity index (χ1v) is 11.0. The van der Waals surface area contributed by atoms with E-state index < -0.39 is 17.4 Å². The Morgan fingerprint density at radius 1 is 0.972 bits per heavy atom. The minimum atomic E-state index is -0.633. The number of nitrogens with one attached hydrogen (secondary N) is 1. The lowest BCUT2D eigenvalue weighted by molar-refractivity contribution is 0.635. The van der Waals surface area contributed by atoms with Crippen LogP contribution in [0.1, 0.15) is 30.2 Å². The number of nitrogens with zero attached hydrogens (tertiary/aromatic N) is 6. The van der Waals surface area contributed by atoms with Gasteiger partial charge >= 0.3 is 0 Å². The van der Waals surface area contributed by atoms with E-state index in [2.05, 4.69) is 42.1 Å². The first kappa shape index (κ1) is 22.6. The van der Waals surface area contributed by atoms with Gasteiger partial charge in [-0.2, -0.15) is 0 Å². The van der Waals surface area contributed by atoms with E-state index in [0.29, 0.717) is 28.7 Å². The van der Waals surface area contributed by atoms with E-state index in [-0.39, 0.29) is 16.7 Å². The summed E-state index contributed by atoms with van der Waals surface area (Å²) < 4.78 is 16.0. The lowest BCUT2D eigenvalue weighted by atomic mass is 10.2. The predicted octanol–water partition coefficient (Wildman–Crippen LogP) is 3.26. The molecule has 36 heavy (non-hydrogen) atoms. The molecule has 0 saturated carbocycles. The Bertz CT molecular complexity index is 1680. The molecule has 0 spiro atoms. The summed E-state index contributed by atoms with van der Waals surface area (Å²) in [6, 6.07) is 14.4. The number of nitrogens with two attached hydrogens (primary N) is 1. The van der Waals surface area contributed by atoms with Crippen molar-refractivity contribution in [1.82, 2.24) is 29.5 Å². The Labute approximate surface area is 204 Å². The highest BCUT2D eigenvalue weighted by Gasteiger charge is 2.21. The highest BCUT2D eigenvalue weighted by atomic mass is 19.1. The molecule has 0 fully saturated rings. The highest BCUT2D eigenvalue weighted by Crippen LogP contribution is 2.24. The molecule has 0 bridgehead atoms. The van der Waals surface area contributed by atoms with Gasteiger partial charge in [0.05, 0.1) is 17.2 Å².